The summed E-state index contributed by atoms with van der Waals surface area (Å²) in [5, 5.41) is 6.33. The minimum Gasteiger partial charge on any atom is -0.489 e. The summed E-state index contributed by atoms with van der Waals surface area (Å²) in [4.78, 5) is 15.2. The number of ether oxygens (including phenoxy) is 1. The zero-order chi connectivity index (χ0) is 19.4. The van der Waals surface area contributed by atoms with Gasteiger partial charge in [-0.05, 0) is 49.9 Å². The first-order chi connectivity index (χ1) is 13.0. The number of carbonyl (C=O) groups excluding carboxylic acids is 1. The monoisotopic (exact) mass is 383 g/mol. The SMILES string of the molecule is CCn1ncc(CN(C)C(=O)c2cc(COc3cccc(C)c3)cs2)c1C. The van der Waals surface area contributed by atoms with Crippen LogP contribution in [0, 0.1) is 13.8 Å². The molecular weight excluding hydrogens is 358 g/mol. The summed E-state index contributed by atoms with van der Waals surface area (Å²) < 4.78 is 7.77. The van der Waals surface area contributed by atoms with E-state index in [1.54, 1.807) is 4.90 Å². The van der Waals surface area contributed by atoms with E-state index in [9.17, 15) is 4.79 Å². The zero-order valence-corrected chi connectivity index (χ0v) is 17.0. The quantitative estimate of drug-likeness (QED) is 0.606. The Labute approximate surface area is 164 Å². The van der Waals surface area contributed by atoms with Crippen LogP contribution in [0.3, 0.4) is 0 Å². The van der Waals surface area contributed by atoms with Gasteiger partial charge in [0.25, 0.3) is 5.91 Å². The van der Waals surface area contributed by atoms with Crippen molar-refractivity contribution >= 4 is 17.2 Å². The van der Waals surface area contributed by atoms with Crippen LogP contribution in [0.2, 0.25) is 0 Å². The number of hydrogen-bond donors (Lipinski definition) is 0. The van der Waals surface area contributed by atoms with Crippen molar-refractivity contribution in [3.8, 4) is 5.75 Å². The molecule has 0 atom stereocenters. The van der Waals surface area contributed by atoms with E-state index in [0.717, 1.165) is 39.6 Å². The molecular formula is C21H25N3O2S. The molecule has 142 valence electrons. The lowest BCUT2D eigenvalue weighted by atomic mass is 10.2. The molecule has 1 aromatic carbocycles. The van der Waals surface area contributed by atoms with Crippen LogP contribution in [0.1, 0.15) is 39.0 Å². The number of thiophene rings is 1. The molecule has 27 heavy (non-hydrogen) atoms. The zero-order valence-electron chi connectivity index (χ0n) is 16.2. The number of aryl methyl sites for hydroxylation is 2. The lowest BCUT2D eigenvalue weighted by molar-refractivity contribution is 0.0789. The molecule has 0 fully saturated rings. The predicted octanol–water partition coefficient (Wildman–Crippen LogP) is 4.43. The van der Waals surface area contributed by atoms with E-state index in [1.807, 2.05) is 67.5 Å². The summed E-state index contributed by atoms with van der Waals surface area (Å²) in [7, 11) is 1.83. The van der Waals surface area contributed by atoms with Crippen LogP contribution in [-0.4, -0.2) is 27.6 Å². The number of amides is 1. The Kier molecular flexibility index (Phi) is 5.96. The summed E-state index contributed by atoms with van der Waals surface area (Å²) in [5.41, 5.74) is 4.35. The van der Waals surface area contributed by atoms with Crippen molar-refractivity contribution in [1.82, 2.24) is 14.7 Å². The molecule has 0 aliphatic heterocycles. The van der Waals surface area contributed by atoms with Gasteiger partial charge in [0, 0.05) is 37.0 Å². The first-order valence-electron chi connectivity index (χ1n) is 9.01. The van der Waals surface area contributed by atoms with Gasteiger partial charge in [0.2, 0.25) is 0 Å². The van der Waals surface area contributed by atoms with Crippen molar-refractivity contribution < 1.29 is 9.53 Å². The van der Waals surface area contributed by atoms with Gasteiger partial charge in [-0.15, -0.1) is 11.3 Å². The summed E-state index contributed by atoms with van der Waals surface area (Å²) in [6.07, 6.45) is 1.85. The Morgan fingerprint density at radius 3 is 2.81 bits per heavy atom. The van der Waals surface area contributed by atoms with E-state index < -0.39 is 0 Å². The summed E-state index contributed by atoms with van der Waals surface area (Å²) >= 11 is 1.46. The highest BCUT2D eigenvalue weighted by atomic mass is 32.1. The number of hydrogen-bond acceptors (Lipinski definition) is 4. The third-order valence-corrected chi connectivity index (χ3v) is 5.49. The van der Waals surface area contributed by atoms with Crippen LogP contribution in [-0.2, 0) is 19.7 Å². The largest absolute Gasteiger partial charge is 0.489 e. The van der Waals surface area contributed by atoms with Crippen LogP contribution in [0.15, 0.2) is 41.9 Å². The van der Waals surface area contributed by atoms with Gasteiger partial charge < -0.3 is 9.64 Å². The average molecular weight is 384 g/mol. The second-order valence-electron chi connectivity index (χ2n) is 6.66. The number of carbonyl (C=O) groups is 1. The fourth-order valence-electron chi connectivity index (χ4n) is 2.91. The Bertz CT molecular complexity index is 929. The fourth-order valence-corrected chi connectivity index (χ4v) is 3.80. The molecule has 3 aromatic rings. The van der Waals surface area contributed by atoms with Crippen LogP contribution < -0.4 is 4.74 Å². The van der Waals surface area contributed by atoms with Crippen LogP contribution in [0.25, 0.3) is 0 Å². The molecule has 5 nitrogen and oxygen atoms in total. The van der Waals surface area contributed by atoms with Crippen molar-refractivity contribution in [3.05, 3.63) is 69.2 Å². The van der Waals surface area contributed by atoms with Crippen molar-refractivity contribution in [1.29, 1.82) is 0 Å². The normalized spacial score (nSPS) is 10.8. The molecule has 6 heteroatoms. The van der Waals surface area contributed by atoms with Crippen molar-refractivity contribution in [2.75, 3.05) is 7.05 Å². The first-order valence-corrected chi connectivity index (χ1v) is 9.89. The molecule has 0 unspecified atom stereocenters. The third kappa shape index (κ3) is 4.57. The van der Waals surface area contributed by atoms with Gasteiger partial charge in [0.1, 0.15) is 12.4 Å². The number of nitrogens with zero attached hydrogens (tertiary/aromatic N) is 3. The van der Waals surface area contributed by atoms with Gasteiger partial charge >= 0.3 is 0 Å². The van der Waals surface area contributed by atoms with Crippen LogP contribution in [0.5, 0.6) is 5.75 Å². The number of rotatable bonds is 7. The van der Waals surface area contributed by atoms with Crippen molar-refractivity contribution in [3.63, 3.8) is 0 Å². The Morgan fingerprint density at radius 1 is 1.30 bits per heavy atom. The molecule has 3 rings (SSSR count). The average Bonchev–Trinajstić information content (AvgIpc) is 3.27. The van der Waals surface area contributed by atoms with Gasteiger partial charge in [-0.1, -0.05) is 12.1 Å². The van der Waals surface area contributed by atoms with E-state index in [4.69, 9.17) is 4.74 Å². The molecule has 0 saturated carbocycles. The van der Waals surface area contributed by atoms with Gasteiger partial charge in [-0.25, -0.2) is 0 Å². The van der Waals surface area contributed by atoms with Gasteiger partial charge in [0.05, 0.1) is 11.1 Å². The highest BCUT2D eigenvalue weighted by Crippen LogP contribution is 2.21. The molecule has 0 spiro atoms. The molecule has 0 N–H and O–H groups in total. The molecule has 0 aliphatic rings. The maximum atomic E-state index is 12.7. The highest BCUT2D eigenvalue weighted by Gasteiger charge is 2.17. The summed E-state index contributed by atoms with van der Waals surface area (Å²) in [6.45, 7) is 7.98. The van der Waals surface area contributed by atoms with E-state index in [-0.39, 0.29) is 5.91 Å². The van der Waals surface area contributed by atoms with Crippen molar-refractivity contribution in [2.24, 2.45) is 0 Å². The lowest BCUT2D eigenvalue weighted by Crippen LogP contribution is -2.25. The second kappa shape index (κ2) is 8.39. The number of aromatic nitrogens is 2. The van der Waals surface area contributed by atoms with E-state index in [0.29, 0.717) is 13.2 Å². The fraction of sp³-hybridized carbons (Fsp3) is 0.333. The standard InChI is InChI=1S/C21H25N3O2S/c1-5-24-16(3)18(11-22-24)12-23(4)21(25)20-10-17(14-27-20)13-26-19-8-6-7-15(2)9-19/h6-11,14H,5,12-13H2,1-4H3. The first kappa shape index (κ1) is 19.2. The van der Waals surface area contributed by atoms with Crippen LogP contribution in [0.4, 0.5) is 0 Å². The van der Waals surface area contributed by atoms with E-state index in [1.165, 1.54) is 11.3 Å². The molecule has 1 amide bonds. The smallest absolute Gasteiger partial charge is 0.263 e. The minimum atomic E-state index is 0.0189. The number of benzene rings is 1. The Hall–Kier alpha value is -2.60. The minimum absolute atomic E-state index is 0.0189. The van der Waals surface area contributed by atoms with Gasteiger partial charge in [-0.2, -0.15) is 5.10 Å². The van der Waals surface area contributed by atoms with Crippen LogP contribution >= 0.6 is 11.3 Å². The molecule has 0 bridgehead atoms. The molecule has 0 aliphatic carbocycles. The van der Waals surface area contributed by atoms with E-state index >= 15 is 0 Å². The third-order valence-electron chi connectivity index (χ3n) is 4.52. The predicted molar refractivity (Wildman–Crippen MR) is 108 cm³/mol. The molecule has 2 heterocycles. The Morgan fingerprint density at radius 2 is 2.11 bits per heavy atom. The second-order valence-corrected chi connectivity index (χ2v) is 7.57. The summed E-state index contributed by atoms with van der Waals surface area (Å²) in [5.74, 6) is 0.861. The summed E-state index contributed by atoms with van der Waals surface area (Å²) in [6, 6.07) is 9.88. The van der Waals surface area contributed by atoms with Gasteiger partial charge in [0.15, 0.2) is 0 Å². The van der Waals surface area contributed by atoms with E-state index in [2.05, 4.69) is 12.0 Å². The van der Waals surface area contributed by atoms with Crippen molar-refractivity contribution in [2.45, 2.75) is 40.5 Å². The maximum Gasteiger partial charge on any atom is 0.263 e. The van der Waals surface area contributed by atoms with Gasteiger partial charge in [-0.3, -0.25) is 9.48 Å². The molecule has 0 saturated heterocycles. The lowest BCUT2D eigenvalue weighted by Gasteiger charge is -2.16. The highest BCUT2D eigenvalue weighted by molar-refractivity contribution is 7.12. The topological polar surface area (TPSA) is 47.4 Å². The maximum absolute atomic E-state index is 12.7. The Balaban J connectivity index is 1.61. The molecule has 2 aromatic heterocycles. The molecule has 0 radical (unpaired) electrons.